The number of halogens is 1. The number of sulfone groups is 1. The fraction of sp³-hybridized carbons (Fsp3) is 0.308. The van der Waals surface area contributed by atoms with Crippen molar-refractivity contribution >= 4 is 58.8 Å². The first-order valence-electron chi connectivity index (χ1n) is 6.35. The minimum atomic E-state index is -3.01. The molecule has 2 aromatic rings. The average Bonchev–Trinajstić information content (AvgIpc) is 2.91. The van der Waals surface area contributed by atoms with Crippen molar-refractivity contribution in [2.75, 3.05) is 17.2 Å². The van der Waals surface area contributed by atoms with E-state index in [0.29, 0.717) is 17.0 Å². The van der Waals surface area contributed by atoms with Crippen LogP contribution in [-0.2, 0) is 9.84 Å². The van der Waals surface area contributed by atoms with Gasteiger partial charge in [0.25, 0.3) is 5.91 Å². The molecule has 5 nitrogen and oxygen atoms in total. The number of carbonyl (C=O) groups excluding carboxylic acids is 1. The van der Waals surface area contributed by atoms with Crippen LogP contribution >= 0.6 is 27.3 Å². The maximum atomic E-state index is 12.3. The van der Waals surface area contributed by atoms with E-state index in [1.165, 1.54) is 11.3 Å². The number of thiophene rings is 1. The van der Waals surface area contributed by atoms with E-state index in [9.17, 15) is 13.2 Å². The molecule has 1 aromatic carbocycles. The highest BCUT2D eigenvalue weighted by Crippen LogP contribution is 2.38. The van der Waals surface area contributed by atoms with E-state index >= 15 is 0 Å². The van der Waals surface area contributed by atoms with Crippen LogP contribution in [0, 0.1) is 0 Å². The number of rotatable bonds is 2. The molecule has 1 aliphatic heterocycles. The van der Waals surface area contributed by atoms with E-state index in [2.05, 4.69) is 21.2 Å². The molecule has 2 heterocycles. The summed E-state index contributed by atoms with van der Waals surface area (Å²) in [5.41, 5.74) is 6.50. The van der Waals surface area contributed by atoms with Crippen LogP contribution in [0.5, 0.6) is 0 Å². The van der Waals surface area contributed by atoms with Gasteiger partial charge in [-0.25, -0.2) is 8.42 Å². The minimum absolute atomic E-state index is 0.00718. The van der Waals surface area contributed by atoms with Gasteiger partial charge in [0, 0.05) is 20.6 Å². The van der Waals surface area contributed by atoms with E-state index in [4.69, 9.17) is 5.73 Å². The molecule has 0 bridgehead atoms. The summed E-state index contributed by atoms with van der Waals surface area (Å²) >= 11 is 4.74. The van der Waals surface area contributed by atoms with Crippen LogP contribution < -0.4 is 11.1 Å². The molecule has 0 aliphatic carbocycles. The summed E-state index contributed by atoms with van der Waals surface area (Å²) in [4.78, 5) is 12.8. The van der Waals surface area contributed by atoms with E-state index in [1.807, 2.05) is 18.2 Å². The van der Waals surface area contributed by atoms with Crippen LogP contribution in [0.15, 0.2) is 22.7 Å². The van der Waals surface area contributed by atoms with Gasteiger partial charge in [-0.1, -0.05) is 22.0 Å². The number of fused-ring (bicyclic) bond motifs is 1. The average molecular weight is 389 g/mol. The van der Waals surface area contributed by atoms with E-state index in [-0.39, 0.29) is 23.5 Å². The number of amides is 1. The molecule has 1 amide bonds. The highest BCUT2D eigenvalue weighted by atomic mass is 79.9. The molecular weight excluding hydrogens is 376 g/mol. The number of nitrogen functional groups attached to an aromatic ring is 1. The van der Waals surface area contributed by atoms with Gasteiger partial charge in [0.15, 0.2) is 9.84 Å². The highest BCUT2D eigenvalue weighted by Gasteiger charge is 2.30. The molecule has 1 saturated heterocycles. The van der Waals surface area contributed by atoms with Gasteiger partial charge in [-0.05, 0) is 18.6 Å². The zero-order valence-electron chi connectivity index (χ0n) is 10.9. The molecule has 3 N–H and O–H groups in total. The Hall–Kier alpha value is -1.12. The van der Waals surface area contributed by atoms with Crippen LogP contribution in [0.1, 0.15) is 16.1 Å². The van der Waals surface area contributed by atoms with Crippen LogP contribution in [-0.4, -0.2) is 31.9 Å². The summed E-state index contributed by atoms with van der Waals surface area (Å²) in [5.74, 6) is -0.166. The van der Waals surface area contributed by atoms with Crippen molar-refractivity contribution in [1.29, 1.82) is 0 Å². The zero-order chi connectivity index (χ0) is 15.2. The van der Waals surface area contributed by atoms with E-state index in [1.54, 1.807) is 0 Å². The van der Waals surface area contributed by atoms with Gasteiger partial charge in [0.1, 0.15) is 4.88 Å². The van der Waals surface area contributed by atoms with Crippen LogP contribution in [0.4, 0.5) is 5.69 Å². The second kappa shape index (κ2) is 5.26. The van der Waals surface area contributed by atoms with Gasteiger partial charge < -0.3 is 11.1 Å². The monoisotopic (exact) mass is 388 g/mol. The largest absolute Gasteiger partial charge is 0.397 e. The lowest BCUT2D eigenvalue weighted by atomic mass is 10.2. The number of anilines is 1. The van der Waals surface area contributed by atoms with Gasteiger partial charge in [0.05, 0.1) is 17.2 Å². The molecule has 3 rings (SSSR count). The number of hydrogen-bond donors (Lipinski definition) is 2. The van der Waals surface area contributed by atoms with Gasteiger partial charge in [0.2, 0.25) is 0 Å². The summed E-state index contributed by atoms with van der Waals surface area (Å²) < 4.78 is 24.6. The number of nitrogens with two attached hydrogens (primary N) is 1. The fourth-order valence-corrected chi connectivity index (χ4v) is 5.89. The van der Waals surface area contributed by atoms with Gasteiger partial charge >= 0.3 is 0 Å². The van der Waals surface area contributed by atoms with Crippen molar-refractivity contribution in [3.63, 3.8) is 0 Å². The zero-order valence-corrected chi connectivity index (χ0v) is 14.1. The number of carbonyl (C=O) groups is 1. The lowest BCUT2D eigenvalue weighted by Crippen LogP contribution is -2.35. The quantitative estimate of drug-likeness (QED) is 0.824. The SMILES string of the molecule is Nc1c(C(=O)NC2CCS(=O)(=O)C2)sc2cccc(Br)c12. The topological polar surface area (TPSA) is 89.3 Å². The Morgan fingerprint density at radius 3 is 2.81 bits per heavy atom. The predicted molar refractivity (Wildman–Crippen MR) is 88.5 cm³/mol. The van der Waals surface area contributed by atoms with Crippen molar-refractivity contribution in [3.05, 3.63) is 27.5 Å². The smallest absolute Gasteiger partial charge is 0.263 e. The highest BCUT2D eigenvalue weighted by molar-refractivity contribution is 9.10. The molecule has 1 unspecified atom stereocenters. The van der Waals surface area contributed by atoms with Crippen molar-refractivity contribution in [2.45, 2.75) is 12.5 Å². The third-order valence-electron chi connectivity index (χ3n) is 3.48. The van der Waals surface area contributed by atoms with Crippen LogP contribution in [0.2, 0.25) is 0 Å². The van der Waals surface area contributed by atoms with Crippen molar-refractivity contribution in [2.24, 2.45) is 0 Å². The first-order chi connectivity index (χ1) is 9.87. The Balaban J connectivity index is 1.89. The maximum Gasteiger partial charge on any atom is 0.263 e. The predicted octanol–water partition coefficient (Wildman–Crippen LogP) is 2.16. The second-order valence-corrected chi connectivity index (χ2v) is 9.17. The number of benzene rings is 1. The Bertz CT molecular complexity index is 829. The molecular formula is C13H13BrN2O3S2. The van der Waals surface area contributed by atoms with Crippen LogP contribution in [0.3, 0.4) is 0 Å². The lowest BCUT2D eigenvalue weighted by molar-refractivity contribution is 0.0946. The Kier molecular flexibility index (Phi) is 3.71. The first-order valence-corrected chi connectivity index (χ1v) is 9.78. The maximum absolute atomic E-state index is 12.3. The normalized spacial score (nSPS) is 20.7. The third kappa shape index (κ3) is 2.79. The van der Waals surface area contributed by atoms with Gasteiger partial charge in [-0.2, -0.15) is 0 Å². The Morgan fingerprint density at radius 2 is 2.19 bits per heavy atom. The minimum Gasteiger partial charge on any atom is -0.397 e. The van der Waals surface area contributed by atoms with Gasteiger partial charge in [-0.15, -0.1) is 11.3 Å². The summed E-state index contributed by atoms with van der Waals surface area (Å²) in [6.45, 7) is 0. The van der Waals surface area contributed by atoms with Crippen molar-refractivity contribution < 1.29 is 13.2 Å². The first kappa shape index (κ1) is 14.8. The molecule has 1 aliphatic rings. The van der Waals surface area contributed by atoms with Crippen LogP contribution in [0.25, 0.3) is 10.1 Å². The molecule has 1 aromatic heterocycles. The Morgan fingerprint density at radius 1 is 1.43 bits per heavy atom. The van der Waals surface area contributed by atoms with E-state index < -0.39 is 9.84 Å². The third-order valence-corrected chi connectivity index (χ3v) is 7.07. The molecule has 1 fully saturated rings. The standard InChI is InChI=1S/C13H13BrN2O3S2/c14-8-2-1-3-9-10(8)11(15)12(20-9)13(17)16-7-4-5-21(18,19)6-7/h1-3,7H,4-6,15H2,(H,16,17). The van der Waals surface area contributed by atoms with Crippen molar-refractivity contribution in [1.82, 2.24) is 5.32 Å². The second-order valence-electron chi connectivity index (χ2n) is 5.03. The summed E-state index contributed by atoms with van der Waals surface area (Å²) in [6, 6.07) is 5.33. The number of nitrogens with one attached hydrogen (secondary N) is 1. The molecule has 0 saturated carbocycles. The van der Waals surface area contributed by atoms with E-state index in [0.717, 1.165) is 14.6 Å². The molecule has 112 valence electrons. The molecule has 1 atom stereocenters. The lowest BCUT2D eigenvalue weighted by Gasteiger charge is -2.09. The fourth-order valence-electron chi connectivity index (χ4n) is 2.46. The van der Waals surface area contributed by atoms with Crippen molar-refractivity contribution in [3.8, 4) is 0 Å². The summed E-state index contributed by atoms with van der Waals surface area (Å²) in [6.07, 6.45) is 0.461. The summed E-state index contributed by atoms with van der Waals surface area (Å²) in [7, 11) is -3.01. The molecule has 8 heteroatoms. The molecule has 0 spiro atoms. The Labute approximate surface area is 134 Å². The molecule has 0 radical (unpaired) electrons. The van der Waals surface area contributed by atoms with Gasteiger partial charge in [-0.3, -0.25) is 4.79 Å². The number of hydrogen-bond acceptors (Lipinski definition) is 5. The molecule has 21 heavy (non-hydrogen) atoms. The summed E-state index contributed by atoms with van der Waals surface area (Å²) in [5, 5.41) is 3.59.